The molecule has 0 aliphatic heterocycles. The Labute approximate surface area is 184 Å². The molecule has 1 N–H and O–H groups in total. The van der Waals surface area contributed by atoms with Gasteiger partial charge in [0.05, 0.1) is 12.3 Å². The number of hydrogen-bond acceptors (Lipinski definition) is 3. The summed E-state index contributed by atoms with van der Waals surface area (Å²) < 4.78 is 11.2. The molecule has 31 heavy (non-hydrogen) atoms. The maximum Gasteiger partial charge on any atom is 0.287 e. The highest BCUT2D eigenvalue weighted by molar-refractivity contribution is 5.91. The maximum atomic E-state index is 12.7. The van der Waals surface area contributed by atoms with Gasteiger partial charge in [0.2, 0.25) is 0 Å². The number of rotatable bonds is 8. The molecule has 1 unspecified atom stereocenters. The fourth-order valence-electron chi connectivity index (χ4n) is 3.31. The van der Waals surface area contributed by atoms with E-state index in [1.165, 1.54) is 16.7 Å². The van der Waals surface area contributed by atoms with E-state index >= 15 is 0 Å². The molecule has 3 aromatic rings. The van der Waals surface area contributed by atoms with E-state index < -0.39 is 0 Å². The molecule has 1 atom stereocenters. The van der Waals surface area contributed by atoms with Gasteiger partial charge in [-0.3, -0.25) is 4.79 Å². The number of hydrogen-bond donors (Lipinski definition) is 1. The zero-order valence-electron chi connectivity index (χ0n) is 18.8. The molecule has 4 nitrogen and oxygen atoms in total. The van der Waals surface area contributed by atoms with Gasteiger partial charge in [-0.2, -0.15) is 0 Å². The molecule has 0 fully saturated rings. The Morgan fingerprint density at radius 1 is 1.19 bits per heavy atom. The van der Waals surface area contributed by atoms with Crippen LogP contribution in [0.5, 0.6) is 0 Å². The number of nitrogens with one attached hydrogen (secondary N) is 1. The van der Waals surface area contributed by atoms with Crippen molar-refractivity contribution < 1.29 is 13.6 Å². The summed E-state index contributed by atoms with van der Waals surface area (Å²) in [6.07, 6.45) is 8.38. The summed E-state index contributed by atoms with van der Waals surface area (Å²) in [4.78, 5) is 12.7. The molecule has 0 aliphatic carbocycles. The van der Waals surface area contributed by atoms with E-state index in [1.807, 2.05) is 30.4 Å². The van der Waals surface area contributed by atoms with Crippen molar-refractivity contribution in [2.45, 2.75) is 52.0 Å². The Hall–Kier alpha value is -3.27. The molecule has 2 heterocycles. The molecule has 3 rings (SSSR count). The molecule has 162 valence electrons. The number of carbonyl (C=O) groups is 1. The lowest BCUT2D eigenvalue weighted by molar-refractivity contribution is 0.0915. The number of aryl methyl sites for hydroxylation is 1. The van der Waals surface area contributed by atoms with Crippen LogP contribution in [0.3, 0.4) is 0 Å². The molecule has 4 heteroatoms. The first-order valence-corrected chi connectivity index (χ1v) is 10.6. The minimum atomic E-state index is -0.248. The second-order valence-corrected chi connectivity index (χ2v) is 8.81. The topological polar surface area (TPSA) is 55.4 Å². The van der Waals surface area contributed by atoms with E-state index in [1.54, 1.807) is 18.4 Å². The van der Waals surface area contributed by atoms with E-state index in [2.05, 4.69) is 57.8 Å². The molecule has 1 amide bonds. The molecule has 2 aromatic heterocycles. The van der Waals surface area contributed by atoms with Crippen molar-refractivity contribution in [3.63, 3.8) is 0 Å². The molecule has 1 aromatic carbocycles. The van der Waals surface area contributed by atoms with Crippen LogP contribution < -0.4 is 5.32 Å². The Morgan fingerprint density at radius 2 is 2.00 bits per heavy atom. The van der Waals surface area contributed by atoms with Gasteiger partial charge in [-0.15, -0.1) is 6.58 Å². The predicted molar refractivity (Wildman–Crippen MR) is 125 cm³/mol. The number of amides is 1. The average molecular weight is 418 g/mol. The highest BCUT2D eigenvalue weighted by Gasteiger charge is 2.17. The van der Waals surface area contributed by atoms with Crippen LogP contribution in [0.2, 0.25) is 0 Å². The van der Waals surface area contributed by atoms with Crippen LogP contribution >= 0.6 is 0 Å². The van der Waals surface area contributed by atoms with Crippen molar-refractivity contribution in [3.8, 4) is 0 Å². The molecule has 0 spiro atoms. The van der Waals surface area contributed by atoms with Crippen molar-refractivity contribution in [2.75, 3.05) is 0 Å². The minimum Gasteiger partial charge on any atom is -0.465 e. The van der Waals surface area contributed by atoms with Gasteiger partial charge >= 0.3 is 0 Å². The third-order valence-electron chi connectivity index (χ3n) is 5.24. The first-order valence-electron chi connectivity index (χ1n) is 10.6. The van der Waals surface area contributed by atoms with E-state index in [4.69, 9.17) is 8.83 Å². The minimum absolute atomic E-state index is 0.0833. The van der Waals surface area contributed by atoms with Gasteiger partial charge in [0.15, 0.2) is 5.76 Å². The van der Waals surface area contributed by atoms with Crippen LogP contribution in [0, 0.1) is 6.92 Å². The van der Waals surface area contributed by atoms with Crippen molar-refractivity contribution in [1.29, 1.82) is 0 Å². The van der Waals surface area contributed by atoms with E-state index in [0.717, 1.165) is 11.5 Å². The normalized spacial score (nSPS) is 12.8. The van der Waals surface area contributed by atoms with Crippen molar-refractivity contribution in [3.05, 3.63) is 101 Å². The van der Waals surface area contributed by atoms with E-state index in [9.17, 15) is 4.79 Å². The van der Waals surface area contributed by atoms with Crippen LogP contribution in [0.15, 0.2) is 76.3 Å². The summed E-state index contributed by atoms with van der Waals surface area (Å²) in [7, 11) is 0. The summed E-state index contributed by atoms with van der Waals surface area (Å²) >= 11 is 0. The number of benzene rings is 1. The lowest BCUT2D eigenvalue weighted by atomic mass is 9.85. The Bertz CT molecular complexity index is 1050. The molecule has 0 bridgehead atoms. The quantitative estimate of drug-likeness (QED) is 0.428. The highest BCUT2D eigenvalue weighted by Crippen LogP contribution is 2.26. The first kappa shape index (κ1) is 22.4. The highest BCUT2D eigenvalue weighted by atomic mass is 16.4. The second-order valence-electron chi connectivity index (χ2n) is 8.81. The summed E-state index contributed by atoms with van der Waals surface area (Å²) in [6, 6.07) is 13.6. The Balaban J connectivity index is 1.69. The standard InChI is InChI=1S/C27H31NO3/c1-6-8-22(12-13-23-9-7-16-30-23)28-26(29)25-15-14-24(31-25)18-20-17-21(27(3,4)5)11-10-19(20)2/h6-7,9-17,22H,1,8,18H2,2-5H3,(H,28,29)/b13-12+. The summed E-state index contributed by atoms with van der Waals surface area (Å²) in [5.74, 6) is 1.56. The van der Waals surface area contributed by atoms with Gasteiger partial charge < -0.3 is 14.2 Å². The molecule has 0 saturated carbocycles. The molecule has 0 aliphatic rings. The molecule has 0 radical (unpaired) electrons. The first-order chi connectivity index (χ1) is 14.8. The molecular weight excluding hydrogens is 386 g/mol. The van der Waals surface area contributed by atoms with E-state index in [-0.39, 0.29) is 17.4 Å². The lowest BCUT2D eigenvalue weighted by Gasteiger charge is -2.20. The Morgan fingerprint density at radius 3 is 2.68 bits per heavy atom. The zero-order valence-corrected chi connectivity index (χ0v) is 18.8. The summed E-state index contributed by atoms with van der Waals surface area (Å²) in [5, 5.41) is 2.98. The molecular formula is C27H31NO3. The van der Waals surface area contributed by atoms with Crippen LogP contribution in [-0.2, 0) is 11.8 Å². The average Bonchev–Trinajstić information content (AvgIpc) is 3.39. The van der Waals surface area contributed by atoms with Gasteiger partial charge in [0.1, 0.15) is 11.5 Å². The number of furan rings is 2. The smallest absolute Gasteiger partial charge is 0.287 e. The lowest BCUT2D eigenvalue weighted by Crippen LogP contribution is -2.32. The van der Waals surface area contributed by atoms with Crippen molar-refractivity contribution in [2.24, 2.45) is 0 Å². The second kappa shape index (κ2) is 9.69. The third kappa shape index (κ3) is 6.11. The monoisotopic (exact) mass is 417 g/mol. The summed E-state index contributed by atoms with van der Waals surface area (Å²) in [6.45, 7) is 12.5. The SMILES string of the molecule is C=CCC(/C=C/c1ccco1)NC(=O)c1ccc(Cc2cc(C(C)(C)C)ccc2C)o1. The van der Waals surface area contributed by atoms with E-state index in [0.29, 0.717) is 18.6 Å². The third-order valence-corrected chi connectivity index (χ3v) is 5.24. The van der Waals surface area contributed by atoms with Gasteiger partial charge in [-0.1, -0.05) is 51.1 Å². The van der Waals surface area contributed by atoms with Gasteiger partial charge in [-0.25, -0.2) is 0 Å². The summed E-state index contributed by atoms with van der Waals surface area (Å²) in [5.41, 5.74) is 3.79. The van der Waals surface area contributed by atoms with Crippen LogP contribution in [0.1, 0.15) is 66.0 Å². The number of carbonyl (C=O) groups excluding carboxylic acids is 1. The fourth-order valence-corrected chi connectivity index (χ4v) is 3.31. The van der Waals surface area contributed by atoms with Crippen LogP contribution in [-0.4, -0.2) is 11.9 Å². The van der Waals surface area contributed by atoms with Gasteiger partial charge in [0, 0.05) is 6.42 Å². The van der Waals surface area contributed by atoms with Gasteiger partial charge in [-0.05, 0) is 65.8 Å². The van der Waals surface area contributed by atoms with Crippen LogP contribution in [0.4, 0.5) is 0 Å². The van der Waals surface area contributed by atoms with Gasteiger partial charge in [0.25, 0.3) is 5.91 Å². The van der Waals surface area contributed by atoms with Crippen LogP contribution in [0.25, 0.3) is 6.08 Å². The molecule has 0 saturated heterocycles. The van der Waals surface area contributed by atoms with Crippen molar-refractivity contribution in [1.82, 2.24) is 5.32 Å². The largest absolute Gasteiger partial charge is 0.465 e. The zero-order chi connectivity index (χ0) is 22.4. The predicted octanol–water partition coefficient (Wildman–Crippen LogP) is 6.46. The fraction of sp³-hybridized carbons (Fsp3) is 0.296. The van der Waals surface area contributed by atoms with Crippen molar-refractivity contribution >= 4 is 12.0 Å². The Kier molecular flexibility index (Phi) is 7.01. The maximum absolute atomic E-state index is 12.7.